The van der Waals surface area contributed by atoms with Gasteiger partial charge in [0, 0.05) is 35.6 Å². The summed E-state index contributed by atoms with van der Waals surface area (Å²) < 4.78 is 2.62. The van der Waals surface area contributed by atoms with E-state index >= 15 is 0 Å². The van der Waals surface area contributed by atoms with Crippen molar-refractivity contribution in [2.45, 2.75) is 13.8 Å². The Hall–Kier alpha value is -5.97. The van der Waals surface area contributed by atoms with Crippen LogP contribution in [-0.4, -0.2) is 49.8 Å². The van der Waals surface area contributed by atoms with Crippen molar-refractivity contribution in [1.29, 1.82) is 0 Å². The van der Waals surface area contributed by atoms with Crippen LogP contribution < -0.4 is 29.6 Å². The fourth-order valence-corrected chi connectivity index (χ4v) is 4.37. The Morgan fingerprint density at radius 3 is 1.44 bits per heavy atom. The number of nitrogens with zero attached hydrogens (tertiary/aromatic N) is 10. The van der Waals surface area contributed by atoms with Crippen molar-refractivity contribution in [3.8, 4) is 34.6 Å². The maximum Gasteiger partial charge on any atom is 1.00 e. The van der Waals surface area contributed by atoms with Gasteiger partial charge in [0.25, 0.3) is 11.4 Å². The first-order valence-corrected chi connectivity index (χ1v) is 14.4. The molecule has 6 rings (SSSR count). The summed E-state index contributed by atoms with van der Waals surface area (Å²) in [5.41, 5.74) is 1.86. The first kappa shape index (κ1) is 40.5. The topological polar surface area (TPSA) is 252 Å². The Kier molecular flexibility index (Phi) is 13.9. The number of nitro groups is 2. The minimum Gasteiger partial charge on any atom is -0.506 e. The quantitative estimate of drug-likeness (QED) is 0.0713. The maximum absolute atomic E-state index is 10.8. The number of para-hydroxylation sites is 2. The Bertz CT molecular complexity index is 2270. The molecule has 0 aliphatic carbocycles. The van der Waals surface area contributed by atoms with Gasteiger partial charge in [0.05, 0.1) is 38.7 Å². The molecule has 6 aromatic rings. The minimum atomic E-state index is -0.624. The fourth-order valence-electron chi connectivity index (χ4n) is 4.37. The second-order valence-electron chi connectivity index (χ2n) is 10.3. The molecule has 0 saturated heterocycles. The summed E-state index contributed by atoms with van der Waals surface area (Å²) in [5.74, 6) is -1.07. The average Bonchev–Trinajstić information content (AvgIpc) is 3.56. The molecule has 0 atom stereocenters. The molecule has 0 bridgehead atoms. The first-order chi connectivity index (χ1) is 23.9. The standard InChI is InChI=1S/2C16H13N5O4.Cr.Na/c1-10-15(16(23)20(19-10)11-5-3-2-4-6-11)18-17-13-9-12(21(24)25)7-8-14(13)22;1-10-15(16(23)20(19-10)11-5-3-2-4-6-11)18-17-13-8-7-12(21(24)25)9-14(13)22;;/h2*2-9,22-23H,1H3;;/q;;;+1. The second kappa shape index (κ2) is 17.8. The molecule has 0 radical (unpaired) electrons. The molecule has 0 unspecified atom stereocenters. The maximum atomic E-state index is 10.8. The Labute approximate surface area is 326 Å². The zero-order valence-corrected chi connectivity index (χ0v) is 30.8. The molecule has 20 heteroatoms. The SMILES string of the molecule is Cc1nn(-c2ccccc2)c(O)c1N=Nc1cc([N+](=O)[O-])ccc1O.Cc1nn(-c2ccccc2)c(O)c1N=Nc1ccc([N+](=O)[O-])cc1O.[Cr].[Na+]. The first-order valence-electron chi connectivity index (χ1n) is 14.4. The van der Waals surface area contributed by atoms with Crippen LogP contribution >= 0.6 is 0 Å². The fraction of sp³-hybridized carbons (Fsp3) is 0.0625. The number of aromatic nitrogens is 4. The number of aryl methyl sites for hydroxylation is 2. The molecule has 0 saturated carbocycles. The summed E-state index contributed by atoms with van der Waals surface area (Å²) >= 11 is 0. The van der Waals surface area contributed by atoms with Crippen molar-refractivity contribution >= 4 is 34.1 Å². The zero-order chi connectivity index (χ0) is 35.9. The predicted octanol–water partition coefficient (Wildman–Crippen LogP) is 4.83. The summed E-state index contributed by atoms with van der Waals surface area (Å²) in [6, 6.07) is 24.8. The number of phenols is 2. The third-order valence-electron chi connectivity index (χ3n) is 6.87. The predicted molar refractivity (Wildman–Crippen MR) is 178 cm³/mol. The van der Waals surface area contributed by atoms with Crippen molar-refractivity contribution in [3.63, 3.8) is 0 Å². The van der Waals surface area contributed by atoms with E-state index in [9.17, 15) is 40.7 Å². The Balaban J connectivity index is 0.000000270. The number of benzene rings is 4. The van der Waals surface area contributed by atoms with Crippen LogP contribution in [0.2, 0.25) is 0 Å². The Morgan fingerprint density at radius 1 is 0.577 bits per heavy atom. The average molecular weight is 754 g/mol. The van der Waals surface area contributed by atoms with Crippen molar-refractivity contribution in [3.05, 3.63) is 129 Å². The van der Waals surface area contributed by atoms with Crippen LogP contribution in [0, 0.1) is 34.1 Å². The molecule has 0 fully saturated rings. The Morgan fingerprint density at radius 2 is 1.00 bits per heavy atom. The number of hydrogen-bond donors (Lipinski definition) is 4. The number of phenolic OH excluding ortho intramolecular Hbond substituents is 2. The summed E-state index contributed by atoms with van der Waals surface area (Å²) in [6.07, 6.45) is 0. The van der Waals surface area contributed by atoms with E-state index in [1.807, 2.05) is 24.3 Å². The van der Waals surface area contributed by atoms with Crippen LogP contribution in [0.3, 0.4) is 0 Å². The van der Waals surface area contributed by atoms with Gasteiger partial charge in [-0.25, -0.2) is 0 Å². The van der Waals surface area contributed by atoms with Gasteiger partial charge in [-0.15, -0.1) is 20.5 Å². The van der Waals surface area contributed by atoms with E-state index < -0.39 is 9.85 Å². The van der Waals surface area contributed by atoms with Gasteiger partial charge in [-0.1, -0.05) is 36.4 Å². The van der Waals surface area contributed by atoms with Gasteiger partial charge >= 0.3 is 29.6 Å². The third-order valence-corrected chi connectivity index (χ3v) is 6.87. The molecule has 4 aromatic carbocycles. The zero-order valence-electron chi connectivity index (χ0n) is 27.5. The van der Waals surface area contributed by atoms with Gasteiger partial charge < -0.3 is 20.4 Å². The number of aromatic hydroxyl groups is 4. The molecule has 52 heavy (non-hydrogen) atoms. The van der Waals surface area contributed by atoms with Crippen molar-refractivity contribution in [2.24, 2.45) is 20.5 Å². The largest absolute Gasteiger partial charge is 1.00 e. The molecule has 0 aliphatic heterocycles. The van der Waals surface area contributed by atoms with Crippen molar-refractivity contribution in [2.75, 3.05) is 0 Å². The van der Waals surface area contributed by atoms with Crippen LogP contribution in [0.25, 0.3) is 11.4 Å². The summed E-state index contributed by atoms with van der Waals surface area (Å²) in [6.45, 7) is 3.30. The summed E-state index contributed by atoms with van der Waals surface area (Å²) in [5, 5.41) is 85.6. The molecule has 0 spiro atoms. The van der Waals surface area contributed by atoms with Gasteiger partial charge in [0.1, 0.15) is 22.9 Å². The van der Waals surface area contributed by atoms with E-state index in [2.05, 4.69) is 30.7 Å². The number of non-ortho nitro benzene ring substituents is 2. The van der Waals surface area contributed by atoms with Gasteiger partial charge in [-0.3, -0.25) is 20.2 Å². The van der Waals surface area contributed by atoms with Crippen LogP contribution in [0.1, 0.15) is 11.4 Å². The molecule has 0 aliphatic rings. The van der Waals surface area contributed by atoms with E-state index in [0.717, 1.165) is 24.3 Å². The smallest absolute Gasteiger partial charge is 0.506 e. The molecule has 4 N–H and O–H groups in total. The monoisotopic (exact) mass is 753 g/mol. The van der Waals surface area contributed by atoms with Gasteiger partial charge in [-0.2, -0.15) is 19.6 Å². The number of nitro benzene ring substituents is 2. The third kappa shape index (κ3) is 9.22. The molecular formula is C32H26CrN10NaO8+. The number of hydrogen-bond acceptors (Lipinski definition) is 14. The molecule has 0 amide bonds. The molecular weight excluding hydrogens is 727 g/mol. The molecule has 18 nitrogen and oxygen atoms in total. The molecule has 2 heterocycles. The van der Waals surface area contributed by atoms with Crippen LogP contribution in [0.15, 0.2) is 118 Å². The van der Waals surface area contributed by atoms with E-state index in [1.165, 1.54) is 21.5 Å². The van der Waals surface area contributed by atoms with E-state index in [4.69, 9.17) is 0 Å². The van der Waals surface area contributed by atoms with Crippen LogP contribution in [0.5, 0.6) is 23.3 Å². The van der Waals surface area contributed by atoms with Gasteiger partial charge in [-0.05, 0) is 50.2 Å². The van der Waals surface area contributed by atoms with E-state index in [1.54, 1.807) is 50.2 Å². The van der Waals surface area contributed by atoms with Crippen molar-refractivity contribution < 1.29 is 77.2 Å². The summed E-state index contributed by atoms with van der Waals surface area (Å²) in [7, 11) is 0. The van der Waals surface area contributed by atoms with Crippen LogP contribution in [0.4, 0.5) is 34.1 Å². The van der Waals surface area contributed by atoms with E-state index in [-0.39, 0.29) is 104 Å². The second-order valence-corrected chi connectivity index (χ2v) is 10.3. The normalized spacial score (nSPS) is 10.7. The molecule has 2 aromatic heterocycles. The van der Waals surface area contributed by atoms with Gasteiger partial charge in [0.15, 0.2) is 11.4 Å². The van der Waals surface area contributed by atoms with E-state index in [0.29, 0.717) is 22.8 Å². The number of azo groups is 2. The minimum absolute atomic E-state index is 0. The van der Waals surface area contributed by atoms with Crippen LogP contribution in [-0.2, 0) is 17.4 Å². The summed E-state index contributed by atoms with van der Waals surface area (Å²) in [4.78, 5) is 20.2. The van der Waals surface area contributed by atoms with Gasteiger partial charge in [0.2, 0.25) is 11.8 Å². The molecule has 258 valence electrons. The van der Waals surface area contributed by atoms with Crippen molar-refractivity contribution in [1.82, 2.24) is 19.6 Å². The number of rotatable bonds is 8.